The topological polar surface area (TPSA) is 50.1 Å². The van der Waals surface area contributed by atoms with Gasteiger partial charge in [0, 0.05) is 0 Å². The zero-order valence-electron chi connectivity index (χ0n) is 19.0. The first kappa shape index (κ1) is 23.1. The monoisotopic (exact) mass is 417 g/mol. The smallest absolute Gasteiger partial charge is 0.314 e. The number of ether oxygens (including phenoxy) is 1. The van der Waals surface area contributed by atoms with Crippen LogP contribution in [-0.2, 0) is 17.6 Å². The molecule has 1 fully saturated rings. The van der Waals surface area contributed by atoms with Gasteiger partial charge in [-0.25, -0.2) is 0 Å². The van der Waals surface area contributed by atoms with Crippen molar-refractivity contribution in [2.45, 2.75) is 84.0 Å². The number of hydrogen-bond acceptors (Lipinski definition) is 3. The van der Waals surface area contributed by atoms with Crippen molar-refractivity contribution in [3.63, 3.8) is 0 Å². The number of aryl methyl sites for hydroxylation is 2. The highest BCUT2D eigenvalue weighted by molar-refractivity contribution is 5.76. The number of unbranched alkanes of at least 4 members (excludes halogenated alkanes) is 2. The molecule has 0 aliphatic heterocycles. The molecule has 0 amide bonds. The van der Waals surface area contributed by atoms with Crippen molar-refractivity contribution in [3.05, 3.63) is 64.7 Å². The molecule has 0 N–H and O–H groups in total. The van der Waals surface area contributed by atoms with E-state index in [9.17, 15) is 10.1 Å². The Morgan fingerprint density at radius 1 is 0.935 bits per heavy atom. The molecule has 0 saturated heterocycles. The van der Waals surface area contributed by atoms with Gasteiger partial charge in [0.25, 0.3) is 0 Å². The number of rotatable bonds is 9. The Morgan fingerprint density at radius 3 is 2.29 bits per heavy atom. The van der Waals surface area contributed by atoms with Crippen LogP contribution >= 0.6 is 0 Å². The standard InChI is InChI=1S/C28H35NO2/c1-3-5-6-8-22-11-18-27(26(19-22)20-29)31-28(30)25-16-14-24(15-17-25)23-12-9-21(7-4-2)10-13-23/h9-13,18-19,24-25H,3-8,14-17H2,1-2H3. The van der Waals surface area contributed by atoms with Gasteiger partial charge in [-0.3, -0.25) is 4.79 Å². The molecule has 2 aromatic rings. The zero-order chi connectivity index (χ0) is 22.1. The third kappa shape index (κ3) is 6.44. The van der Waals surface area contributed by atoms with E-state index in [1.165, 1.54) is 30.4 Å². The Balaban J connectivity index is 1.54. The maximum atomic E-state index is 12.8. The quantitative estimate of drug-likeness (QED) is 0.248. The maximum absolute atomic E-state index is 12.8. The highest BCUT2D eigenvalue weighted by Gasteiger charge is 2.29. The lowest BCUT2D eigenvalue weighted by molar-refractivity contribution is -0.140. The zero-order valence-corrected chi connectivity index (χ0v) is 19.0. The van der Waals surface area contributed by atoms with E-state index in [-0.39, 0.29) is 11.9 Å². The van der Waals surface area contributed by atoms with Crippen LogP contribution in [0, 0.1) is 17.2 Å². The molecule has 3 heteroatoms. The molecular weight excluding hydrogens is 382 g/mol. The second kappa shape index (κ2) is 11.7. The molecule has 2 aromatic carbocycles. The number of carbonyl (C=O) groups excluding carboxylic acids is 1. The van der Waals surface area contributed by atoms with Crippen LogP contribution in [-0.4, -0.2) is 5.97 Å². The number of nitriles is 1. The number of hydrogen-bond donors (Lipinski definition) is 0. The third-order valence-electron chi connectivity index (χ3n) is 6.49. The second-order valence-electron chi connectivity index (χ2n) is 8.86. The van der Waals surface area contributed by atoms with Gasteiger partial charge >= 0.3 is 5.97 Å². The van der Waals surface area contributed by atoms with E-state index in [2.05, 4.69) is 44.2 Å². The molecule has 3 rings (SSSR count). The first-order chi connectivity index (χ1) is 15.1. The van der Waals surface area contributed by atoms with Crippen molar-refractivity contribution >= 4 is 5.97 Å². The molecule has 0 atom stereocenters. The molecule has 0 bridgehead atoms. The highest BCUT2D eigenvalue weighted by atomic mass is 16.5. The molecule has 0 spiro atoms. The molecule has 0 aromatic heterocycles. The molecule has 0 unspecified atom stereocenters. The van der Waals surface area contributed by atoms with Crippen LogP contribution in [0.15, 0.2) is 42.5 Å². The Morgan fingerprint density at radius 2 is 1.65 bits per heavy atom. The Labute approximate surface area is 187 Å². The van der Waals surface area contributed by atoms with Crippen LogP contribution in [0.1, 0.15) is 93.4 Å². The van der Waals surface area contributed by atoms with Gasteiger partial charge in [0.05, 0.1) is 11.5 Å². The summed E-state index contributed by atoms with van der Waals surface area (Å²) in [6.45, 7) is 4.38. The maximum Gasteiger partial charge on any atom is 0.314 e. The predicted octanol–water partition coefficient (Wildman–Crippen LogP) is 7.12. The van der Waals surface area contributed by atoms with E-state index in [1.807, 2.05) is 12.1 Å². The van der Waals surface area contributed by atoms with E-state index >= 15 is 0 Å². The van der Waals surface area contributed by atoms with Gasteiger partial charge in [0.2, 0.25) is 0 Å². The van der Waals surface area contributed by atoms with Crippen molar-refractivity contribution in [2.75, 3.05) is 0 Å². The largest absolute Gasteiger partial charge is 0.425 e. The van der Waals surface area contributed by atoms with Crippen LogP contribution in [0.4, 0.5) is 0 Å². The van der Waals surface area contributed by atoms with Crippen LogP contribution in [0.25, 0.3) is 0 Å². The summed E-state index contributed by atoms with van der Waals surface area (Å²) in [6, 6.07) is 16.9. The van der Waals surface area contributed by atoms with Gasteiger partial charge in [-0.1, -0.05) is 63.4 Å². The molecule has 3 nitrogen and oxygen atoms in total. The summed E-state index contributed by atoms with van der Waals surface area (Å²) in [5.41, 5.74) is 4.38. The van der Waals surface area contributed by atoms with E-state index in [4.69, 9.17) is 4.74 Å². The van der Waals surface area contributed by atoms with Gasteiger partial charge in [-0.15, -0.1) is 0 Å². The number of esters is 1. The molecule has 1 aliphatic rings. The van der Waals surface area contributed by atoms with Gasteiger partial charge in [0.15, 0.2) is 0 Å². The molecule has 164 valence electrons. The summed E-state index contributed by atoms with van der Waals surface area (Å²) in [7, 11) is 0. The molecular formula is C28H35NO2. The highest BCUT2D eigenvalue weighted by Crippen LogP contribution is 2.37. The normalized spacial score (nSPS) is 18.4. The van der Waals surface area contributed by atoms with Crippen LogP contribution in [0.2, 0.25) is 0 Å². The lowest BCUT2D eigenvalue weighted by atomic mass is 9.78. The van der Waals surface area contributed by atoms with Gasteiger partial charge in [-0.05, 0) is 79.7 Å². The summed E-state index contributed by atoms with van der Waals surface area (Å²) in [6.07, 6.45) is 10.4. The lowest BCUT2D eigenvalue weighted by Gasteiger charge is -2.27. The van der Waals surface area contributed by atoms with Crippen LogP contribution < -0.4 is 4.74 Å². The van der Waals surface area contributed by atoms with Crippen LogP contribution in [0.5, 0.6) is 5.75 Å². The Bertz CT molecular complexity index is 886. The number of nitrogens with zero attached hydrogens (tertiary/aromatic N) is 1. The number of benzene rings is 2. The summed E-state index contributed by atoms with van der Waals surface area (Å²) in [5, 5.41) is 9.51. The van der Waals surface area contributed by atoms with Crippen molar-refractivity contribution < 1.29 is 9.53 Å². The van der Waals surface area contributed by atoms with Crippen LogP contribution in [0.3, 0.4) is 0 Å². The average Bonchev–Trinajstić information content (AvgIpc) is 2.81. The third-order valence-corrected chi connectivity index (χ3v) is 6.49. The molecule has 31 heavy (non-hydrogen) atoms. The SMILES string of the molecule is CCCCCc1ccc(OC(=O)C2CCC(c3ccc(CCC)cc3)CC2)c(C#N)c1. The summed E-state index contributed by atoms with van der Waals surface area (Å²) >= 11 is 0. The average molecular weight is 418 g/mol. The molecule has 1 saturated carbocycles. The van der Waals surface area contributed by atoms with Gasteiger partial charge in [0.1, 0.15) is 11.8 Å². The molecule has 0 radical (unpaired) electrons. The summed E-state index contributed by atoms with van der Waals surface area (Å²) in [4.78, 5) is 12.8. The molecule has 1 aliphatic carbocycles. The summed E-state index contributed by atoms with van der Waals surface area (Å²) < 4.78 is 5.68. The van der Waals surface area contributed by atoms with E-state index in [1.54, 1.807) is 6.07 Å². The van der Waals surface area contributed by atoms with E-state index in [0.717, 1.165) is 50.5 Å². The minimum absolute atomic E-state index is 0.0774. The minimum Gasteiger partial charge on any atom is -0.425 e. The van der Waals surface area contributed by atoms with Gasteiger partial charge < -0.3 is 4.74 Å². The Hall–Kier alpha value is -2.60. The summed E-state index contributed by atoms with van der Waals surface area (Å²) in [5.74, 6) is 0.663. The van der Waals surface area contributed by atoms with Crippen molar-refractivity contribution in [1.82, 2.24) is 0 Å². The predicted molar refractivity (Wildman–Crippen MR) is 125 cm³/mol. The van der Waals surface area contributed by atoms with Gasteiger partial charge in [-0.2, -0.15) is 5.26 Å². The lowest BCUT2D eigenvalue weighted by Crippen LogP contribution is -2.25. The second-order valence-corrected chi connectivity index (χ2v) is 8.86. The van der Waals surface area contributed by atoms with E-state index in [0.29, 0.717) is 17.2 Å². The van der Waals surface area contributed by atoms with E-state index < -0.39 is 0 Å². The fourth-order valence-electron chi connectivity index (χ4n) is 4.59. The number of carbonyl (C=O) groups is 1. The fraction of sp³-hybridized carbons (Fsp3) is 0.500. The first-order valence-electron chi connectivity index (χ1n) is 12.0. The molecule has 0 heterocycles. The van der Waals surface area contributed by atoms with Crippen molar-refractivity contribution in [1.29, 1.82) is 5.26 Å². The minimum atomic E-state index is -0.188. The fourth-order valence-corrected chi connectivity index (χ4v) is 4.59. The first-order valence-corrected chi connectivity index (χ1v) is 12.0. The Kier molecular flexibility index (Phi) is 8.71. The van der Waals surface area contributed by atoms with Crippen molar-refractivity contribution in [3.8, 4) is 11.8 Å². The van der Waals surface area contributed by atoms with Crippen molar-refractivity contribution in [2.24, 2.45) is 5.92 Å².